The van der Waals surface area contributed by atoms with Crippen LogP contribution < -0.4 is 5.32 Å². The zero-order valence-electron chi connectivity index (χ0n) is 13.7. The van der Waals surface area contributed by atoms with Crippen LogP contribution in [-0.4, -0.2) is 61.0 Å². The molecule has 1 atom stereocenters. The Bertz CT molecular complexity index is 222. The minimum absolute atomic E-state index is 0.163. The molecule has 0 aliphatic carbocycles. The van der Waals surface area contributed by atoms with E-state index < -0.39 is 0 Å². The van der Waals surface area contributed by atoms with Crippen molar-refractivity contribution in [3.05, 3.63) is 0 Å². The molecule has 0 heterocycles. The Hall–Kier alpha value is -0.160. The summed E-state index contributed by atoms with van der Waals surface area (Å²) in [6.07, 6.45) is 2.37. The van der Waals surface area contributed by atoms with Gasteiger partial charge in [-0.05, 0) is 47.2 Å². The molecule has 0 aliphatic heterocycles. The number of nitrogens with one attached hydrogen (secondary N) is 1. The van der Waals surface area contributed by atoms with E-state index in [-0.39, 0.29) is 12.1 Å². The predicted molar refractivity (Wildman–Crippen MR) is 81.6 cm³/mol. The summed E-state index contributed by atoms with van der Waals surface area (Å²) < 4.78 is 5.54. The molecular weight excluding hydrogens is 240 g/mol. The van der Waals surface area contributed by atoms with E-state index in [0.29, 0.717) is 12.1 Å². The fourth-order valence-electron chi connectivity index (χ4n) is 2.19. The Morgan fingerprint density at radius 3 is 2.32 bits per heavy atom. The van der Waals surface area contributed by atoms with E-state index in [2.05, 4.69) is 51.9 Å². The van der Waals surface area contributed by atoms with Crippen molar-refractivity contribution >= 4 is 0 Å². The Balaban J connectivity index is 3.80. The van der Waals surface area contributed by atoms with Crippen LogP contribution in [0.2, 0.25) is 0 Å². The van der Waals surface area contributed by atoms with E-state index in [9.17, 15) is 5.11 Å². The Morgan fingerprint density at radius 2 is 1.84 bits per heavy atom. The van der Waals surface area contributed by atoms with Crippen LogP contribution >= 0.6 is 0 Å². The highest BCUT2D eigenvalue weighted by molar-refractivity contribution is 4.84. The zero-order valence-corrected chi connectivity index (χ0v) is 13.7. The van der Waals surface area contributed by atoms with Gasteiger partial charge in [0.1, 0.15) is 0 Å². The van der Waals surface area contributed by atoms with Crippen molar-refractivity contribution in [2.24, 2.45) is 0 Å². The Morgan fingerprint density at radius 1 is 1.21 bits per heavy atom. The van der Waals surface area contributed by atoms with Crippen LogP contribution in [0.5, 0.6) is 0 Å². The summed E-state index contributed by atoms with van der Waals surface area (Å²) in [7, 11) is 2.12. The van der Waals surface area contributed by atoms with E-state index >= 15 is 0 Å². The van der Waals surface area contributed by atoms with Crippen LogP contribution in [0.3, 0.4) is 0 Å². The van der Waals surface area contributed by atoms with Crippen molar-refractivity contribution in [1.82, 2.24) is 10.2 Å². The normalized spacial score (nSPS) is 15.5. The molecule has 4 heteroatoms. The van der Waals surface area contributed by atoms with Crippen LogP contribution in [0.25, 0.3) is 0 Å². The van der Waals surface area contributed by atoms with Gasteiger partial charge in [0.15, 0.2) is 0 Å². The maximum Gasteiger partial charge on any atom is 0.0610 e. The lowest BCUT2D eigenvalue weighted by Crippen LogP contribution is -2.49. The largest absolute Gasteiger partial charge is 0.394 e. The summed E-state index contributed by atoms with van der Waals surface area (Å²) >= 11 is 0. The number of aliphatic hydroxyl groups excluding tert-OH is 1. The summed E-state index contributed by atoms with van der Waals surface area (Å²) in [4.78, 5) is 2.29. The van der Waals surface area contributed by atoms with E-state index in [0.717, 1.165) is 32.5 Å². The molecule has 2 N–H and O–H groups in total. The number of aliphatic hydroxyl groups is 1. The van der Waals surface area contributed by atoms with Crippen molar-refractivity contribution in [2.45, 2.75) is 65.1 Å². The lowest BCUT2D eigenvalue weighted by Gasteiger charge is -2.32. The standard InChI is InChI=1S/C15H34N2O2/c1-13(2)16-15(5,12-18)8-7-9-17(6)10-11-19-14(3)4/h13-14,16,18H,7-12H2,1-6H3. The van der Waals surface area contributed by atoms with Gasteiger partial charge in [-0.3, -0.25) is 0 Å². The molecule has 0 fully saturated rings. The highest BCUT2D eigenvalue weighted by Gasteiger charge is 2.23. The molecule has 0 rings (SSSR count). The van der Waals surface area contributed by atoms with Crippen molar-refractivity contribution in [3.63, 3.8) is 0 Å². The first kappa shape index (κ1) is 18.8. The van der Waals surface area contributed by atoms with Crippen LogP contribution in [0, 0.1) is 0 Å². The smallest absolute Gasteiger partial charge is 0.0610 e. The van der Waals surface area contributed by atoms with Crippen molar-refractivity contribution in [2.75, 3.05) is 33.4 Å². The number of hydrogen-bond donors (Lipinski definition) is 2. The third kappa shape index (κ3) is 10.3. The second-order valence-electron chi connectivity index (χ2n) is 6.34. The monoisotopic (exact) mass is 274 g/mol. The Labute approximate surface area is 119 Å². The number of likely N-dealkylation sites (N-methyl/N-ethyl adjacent to an activating group) is 1. The SMILES string of the molecule is CC(C)NC(C)(CO)CCCN(C)CCOC(C)C. The summed E-state index contributed by atoms with van der Waals surface area (Å²) in [6.45, 7) is 13.4. The van der Waals surface area contributed by atoms with Gasteiger partial charge in [0.05, 0.1) is 19.3 Å². The maximum atomic E-state index is 9.51. The molecule has 0 spiro atoms. The molecule has 4 nitrogen and oxygen atoms in total. The third-order valence-electron chi connectivity index (χ3n) is 3.18. The second-order valence-corrected chi connectivity index (χ2v) is 6.34. The number of rotatable bonds is 11. The summed E-state index contributed by atoms with van der Waals surface area (Å²) in [6, 6.07) is 0.398. The zero-order chi connectivity index (χ0) is 14.9. The van der Waals surface area contributed by atoms with Gasteiger partial charge in [0.25, 0.3) is 0 Å². The summed E-state index contributed by atoms with van der Waals surface area (Å²) in [5.74, 6) is 0. The van der Waals surface area contributed by atoms with Gasteiger partial charge in [-0.1, -0.05) is 13.8 Å². The first-order valence-corrected chi connectivity index (χ1v) is 7.48. The summed E-state index contributed by atoms with van der Waals surface area (Å²) in [5, 5.41) is 13.0. The lowest BCUT2D eigenvalue weighted by molar-refractivity contribution is 0.0627. The molecule has 116 valence electrons. The number of hydrogen-bond acceptors (Lipinski definition) is 4. The van der Waals surface area contributed by atoms with Crippen LogP contribution in [0.4, 0.5) is 0 Å². The lowest BCUT2D eigenvalue weighted by atomic mass is 9.95. The van der Waals surface area contributed by atoms with Gasteiger partial charge in [0, 0.05) is 18.1 Å². The topological polar surface area (TPSA) is 44.7 Å². The maximum absolute atomic E-state index is 9.51. The average molecular weight is 274 g/mol. The van der Waals surface area contributed by atoms with E-state index in [1.165, 1.54) is 0 Å². The first-order chi connectivity index (χ1) is 8.79. The molecule has 0 aromatic rings. The van der Waals surface area contributed by atoms with Crippen LogP contribution in [0.15, 0.2) is 0 Å². The Kier molecular flexibility index (Phi) is 9.62. The van der Waals surface area contributed by atoms with Crippen molar-refractivity contribution in [3.8, 4) is 0 Å². The molecule has 0 saturated heterocycles. The van der Waals surface area contributed by atoms with Gasteiger partial charge in [-0.2, -0.15) is 0 Å². The minimum Gasteiger partial charge on any atom is -0.394 e. The fourth-order valence-corrected chi connectivity index (χ4v) is 2.19. The highest BCUT2D eigenvalue weighted by atomic mass is 16.5. The van der Waals surface area contributed by atoms with Crippen LogP contribution in [-0.2, 0) is 4.74 Å². The molecule has 0 saturated carbocycles. The molecule has 19 heavy (non-hydrogen) atoms. The predicted octanol–water partition coefficient (Wildman–Crippen LogP) is 1.87. The molecule has 0 aromatic heterocycles. The minimum atomic E-state index is -0.163. The van der Waals surface area contributed by atoms with Crippen molar-refractivity contribution < 1.29 is 9.84 Å². The average Bonchev–Trinajstić information content (AvgIpc) is 2.27. The fraction of sp³-hybridized carbons (Fsp3) is 1.00. The molecule has 0 aliphatic rings. The van der Waals surface area contributed by atoms with Gasteiger partial charge < -0.3 is 20.1 Å². The molecule has 0 radical (unpaired) electrons. The quantitative estimate of drug-likeness (QED) is 0.604. The first-order valence-electron chi connectivity index (χ1n) is 7.48. The van der Waals surface area contributed by atoms with Gasteiger partial charge in [0.2, 0.25) is 0 Å². The summed E-state index contributed by atoms with van der Waals surface area (Å²) in [5.41, 5.74) is -0.163. The molecule has 0 aromatic carbocycles. The molecule has 1 unspecified atom stereocenters. The second kappa shape index (κ2) is 9.70. The number of nitrogens with zero attached hydrogens (tertiary/aromatic N) is 1. The third-order valence-corrected chi connectivity index (χ3v) is 3.18. The van der Waals surface area contributed by atoms with Gasteiger partial charge in [-0.25, -0.2) is 0 Å². The van der Waals surface area contributed by atoms with Gasteiger partial charge >= 0.3 is 0 Å². The molecular formula is C15H34N2O2. The molecule has 0 amide bonds. The highest BCUT2D eigenvalue weighted by Crippen LogP contribution is 2.13. The van der Waals surface area contributed by atoms with E-state index in [4.69, 9.17) is 4.74 Å². The molecule has 0 bridgehead atoms. The van der Waals surface area contributed by atoms with E-state index in [1.807, 2.05) is 0 Å². The number of ether oxygens (including phenoxy) is 1. The van der Waals surface area contributed by atoms with Gasteiger partial charge in [-0.15, -0.1) is 0 Å². The van der Waals surface area contributed by atoms with Crippen molar-refractivity contribution in [1.29, 1.82) is 0 Å². The van der Waals surface area contributed by atoms with E-state index in [1.54, 1.807) is 0 Å². The van der Waals surface area contributed by atoms with Crippen LogP contribution in [0.1, 0.15) is 47.5 Å².